The van der Waals surface area contributed by atoms with Crippen molar-refractivity contribution in [3.05, 3.63) is 24.2 Å². The van der Waals surface area contributed by atoms with E-state index in [2.05, 4.69) is 0 Å². The highest BCUT2D eigenvalue weighted by molar-refractivity contribution is 8.19. The van der Waals surface area contributed by atoms with E-state index in [1.807, 2.05) is 12.1 Å². The summed E-state index contributed by atoms with van der Waals surface area (Å²) in [6.07, 6.45) is 3.79. The highest BCUT2D eigenvalue weighted by atomic mass is 32.2. The molecule has 1 aromatic heterocycles. The Kier molecular flexibility index (Phi) is 2.69. The van der Waals surface area contributed by atoms with Crippen LogP contribution in [-0.4, -0.2) is 17.8 Å². The highest BCUT2D eigenvalue weighted by Gasteiger charge is 2.38. The van der Waals surface area contributed by atoms with Gasteiger partial charge in [-0.05, 0) is 30.1 Å². The normalized spacial score (nSPS) is 21.2. The lowest BCUT2D eigenvalue weighted by Crippen LogP contribution is -2.23. The molecule has 0 radical (unpaired) electrons. The number of hydrogen-bond acceptors (Lipinski definition) is 4. The molecule has 1 fully saturated rings. The summed E-state index contributed by atoms with van der Waals surface area (Å²) in [4.78, 5) is 11.1. The Morgan fingerprint density at radius 2 is 2.23 bits per heavy atom. The fourth-order valence-electron chi connectivity index (χ4n) is 1.29. The van der Waals surface area contributed by atoms with E-state index in [4.69, 9.17) is 4.42 Å². The van der Waals surface area contributed by atoms with Gasteiger partial charge in [0.2, 0.25) is 0 Å². The van der Waals surface area contributed by atoms with Gasteiger partial charge < -0.3 is 9.21 Å². The van der Waals surface area contributed by atoms with Crippen molar-refractivity contribution in [3.63, 3.8) is 0 Å². The number of rotatable bonds is 2. The average molecular weight is 214 g/mol. The second kappa shape index (κ2) is 3.80. The number of hydrogen-bond donors (Lipinski definition) is 0. The topological polar surface area (TPSA) is 30.2 Å². The molecule has 13 heavy (non-hydrogen) atoms. The van der Waals surface area contributed by atoms with Crippen molar-refractivity contribution in [2.75, 3.05) is 11.5 Å². The molecule has 2 nitrogen and oxygen atoms in total. The van der Waals surface area contributed by atoms with Crippen molar-refractivity contribution >= 4 is 29.8 Å². The van der Waals surface area contributed by atoms with Gasteiger partial charge in [-0.25, -0.2) is 0 Å². The Morgan fingerprint density at radius 3 is 2.77 bits per heavy atom. The van der Waals surface area contributed by atoms with E-state index in [9.17, 15) is 4.79 Å². The maximum absolute atomic E-state index is 11.1. The first kappa shape index (κ1) is 9.21. The molecule has 1 aliphatic rings. The van der Waals surface area contributed by atoms with E-state index in [0.717, 1.165) is 23.6 Å². The molecule has 0 aromatic carbocycles. The zero-order valence-corrected chi connectivity index (χ0v) is 8.70. The third-order valence-electron chi connectivity index (χ3n) is 1.94. The van der Waals surface area contributed by atoms with Gasteiger partial charge in [0.25, 0.3) is 0 Å². The molecule has 2 rings (SSSR count). The number of carbonyl (C=O) groups excluding carboxylic acids is 1. The number of furan rings is 1. The molecule has 0 amide bonds. The van der Waals surface area contributed by atoms with Crippen LogP contribution >= 0.6 is 23.5 Å². The van der Waals surface area contributed by atoms with Gasteiger partial charge in [-0.1, -0.05) is 0 Å². The van der Waals surface area contributed by atoms with Crippen LogP contribution in [0.15, 0.2) is 22.8 Å². The minimum atomic E-state index is -0.470. The third-order valence-corrected chi connectivity index (χ3v) is 5.09. The monoisotopic (exact) mass is 214 g/mol. The third kappa shape index (κ3) is 1.65. The maximum atomic E-state index is 11.1. The molecule has 1 aromatic rings. The van der Waals surface area contributed by atoms with E-state index in [1.165, 1.54) is 6.42 Å². The Hall–Kier alpha value is -0.350. The molecule has 0 saturated carbocycles. The van der Waals surface area contributed by atoms with Crippen LogP contribution in [-0.2, 0) is 8.87 Å². The molecule has 70 valence electrons. The molecule has 2 heterocycles. The smallest absolute Gasteiger partial charge is 0.174 e. The van der Waals surface area contributed by atoms with Crippen LogP contribution in [0.3, 0.4) is 0 Å². The molecular formula is C9H10O2S2. The summed E-state index contributed by atoms with van der Waals surface area (Å²) in [6, 6.07) is 3.70. The first-order valence-electron chi connectivity index (χ1n) is 4.16. The molecule has 0 N–H and O–H groups in total. The van der Waals surface area contributed by atoms with E-state index >= 15 is 0 Å². The Bertz CT molecular complexity index is 276. The van der Waals surface area contributed by atoms with Gasteiger partial charge in [-0.3, -0.25) is 0 Å². The van der Waals surface area contributed by atoms with Gasteiger partial charge in [-0.2, -0.15) is 0 Å². The first-order valence-corrected chi connectivity index (χ1v) is 6.13. The minimum absolute atomic E-state index is 0.470. The first-order chi connectivity index (χ1) is 6.37. The van der Waals surface area contributed by atoms with Gasteiger partial charge in [0.1, 0.15) is 5.76 Å². The lowest BCUT2D eigenvalue weighted by atomic mass is 10.3. The fraction of sp³-hybridized carbons (Fsp3) is 0.444. The van der Waals surface area contributed by atoms with Crippen LogP contribution in [0.25, 0.3) is 0 Å². The standard InChI is InChI=1S/C9H10O2S2/c10-7-9(8-3-1-4-11-8)12-5-2-6-13-9/h1,3-4,7H,2,5-6H2. The van der Waals surface area contributed by atoms with E-state index < -0.39 is 4.08 Å². The predicted octanol–water partition coefficient (Wildman–Crippen LogP) is 2.50. The Balaban J connectivity index is 2.28. The molecule has 0 atom stereocenters. The molecule has 0 unspecified atom stereocenters. The second-order valence-electron chi connectivity index (χ2n) is 2.81. The van der Waals surface area contributed by atoms with Gasteiger partial charge in [0.05, 0.1) is 6.26 Å². The van der Waals surface area contributed by atoms with Crippen molar-refractivity contribution in [1.29, 1.82) is 0 Å². The second-order valence-corrected chi connectivity index (χ2v) is 5.75. The number of thioether (sulfide) groups is 2. The molecule has 0 bridgehead atoms. The van der Waals surface area contributed by atoms with E-state index in [-0.39, 0.29) is 0 Å². The number of aldehydes is 1. The zero-order valence-electron chi connectivity index (χ0n) is 7.06. The molecule has 1 aliphatic heterocycles. The quantitative estimate of drug-likeness (QED) is 0.708. The summed E-state index contributed by atoms with van der Waals surface area (Å²) in [5.41, 5.74) is 0. The largest absolute Gasteiger partial charge is 0.466 e. The summed E-state index contributed by atoms with van der Waals surface area (Å²) in [6.45, 7) is 0. The number of carbonyl (C=O) groups is 1. The van der Waals surface area contributed by atoms with Crippen molar-refractivity contribution < 1.29 is 9.21 Å². The van der Waals surface area contributed by atoms with Gasteiger partial charge >= 0.3 is 0 Å². The van der Waals surface area contributed by atoms with Crippen LogP contribution in [0, 0.1) is 0 Å². The van der Waals surface area contributed by atoms with Crippen LogP contribution in [0.5, 0.6) is 0 Å². The summed E-state index contributed by atoms with van der Waals surface area (Å²) < 4.78 is 4.82. The van der Waals surface area contributed by atoms with Crippen molar-refractivity contribution in [1.82, 2.24) is 0 Å². The van der Waals surface area contributed by atoms with Crippen LogP contribution in [0.2, 0.25) is 0 Å². The SMILES string of the molecule is O=CC1(c2ccco2)SCCCS1. The molecule has 0 spiro atoms. The lowest BCUT2D eigenvalue weighted by Gasteiger charge is -2.28. The van der Waals surface area contributed by atoms with Gasteiger partial charge in [0, 0.05) is 0 Å². The Labute approximate surface area is 85.5 Å². The highest BCUT2D eigenvalue weighted by Crippen LogP contribution is 2.48. The van der Waals surface area contributed by atoms with Crippen molar-refractivity contribution in [3.8, 4) is 0 Å². The average Bonchev–Trinajstić information content (AvgIpc) is 2.72. The summed E-state index contributed by atoms with van der Waals surface area (Å²) >= 11 is 3.34. The molecule has 1 saturated heterocycles. The fourth-order valence-corrected chi connectivity index (χ4v) is 4.15. The Morgan fingerprint density at radius 1 is 1.46 bits per heavy atom. The molecular weight excluding hydrogens is 204 g/mol. The van der Waals surface area contributed by atoms with E-state index in [0.29, 0.717) is 0 Å². The maximum Gasteiger partial charge on any atom is 0.174 e. The van der Waals surface area contributed by atoms with Crippen LogP contribution in [0.4, 0.5) is 0 Å². The van der Waals surface area contributed by atoms with Gasteiger partial charge in [0.15, 0.2) is 10.4 Å². The molecule has 4 heteroatoms. The summed E-state index contributed by atoms with van der Waals surface area (Å²) in [5.74, 6) is 2.84. The van der Waals surface area contributed by atoms with E-state index in [1.54, 1.807) is 29.8 Å². The van der Waals surface area contributed by atoms with Crippen LogP contribution in [0.1, 0.15) is 12.2 Å². The summed E-state index contributed by atoms with van der Waals surface area (Å²) in [7, 11) is 0. The van der Waals surface area contributed by atoms with Crippen molar-refractivity contribution in [2.24, 2.45) is 0 Å². The van der Waals surface area contributed by atoms with Gasteiger partial charge in [-0.15, -0.1) is 23.5 Å². The molecule has 0 aliphatic carbocycles. The van der Waals surface area contributed by atoms with Crippen LogP contribution < -0.4 is 0 Å². The minimum Gasteiger partial charge on any atom is -0.466 e. The lowest BCUT2D eigenvalue weighted by molar-refractivity contribution is -0.108. The summed E-state index contributed by atoms with van der Waals surface area (Å²) in [5, 5.41) is 0. The van der Waals surface area contributed by atoms with Crippen molar-refractivity contribution in [2.45, 2.75) is 10.5 Å². The predicted molar refractivity (Wildman–Crippen MR) is 56.0 cm³/mol. The zero-order chi connectivity index (χ0) is 9.15.